The van der Waals surface area contributed by atoms with Gasteiger partial charge in [0.15, 0.2) is 0 Å². The Morgan fingerprint density at radius 2 is 1.80 bits per heavy atom. The third kappa shape index (κ3) is 5.69. The minimum atomic E-state index is -0.266. The number of methoxy groups -OCH3 is 1. The molecule has 2 amide bonds. The van der Waals surface area contributed by atoms with Crippen LogP contribution >= 0.6 is 0 Å². The van der Waals surface area contributed by atoms with E-state index in [1.165, 1.54) is 12.4 Å². The number of carbonyl (C=O) groups excluding carboxylic acids is 2. The van der Waals surface area contributed by atoms with Crippen molar-refractivity contribution < 1.29 is 14.3 Å². The first kappa shape index (κ1) is 18.6. The Labute approximate surface area is 147 Å². The number of benzene rings is 1. The van der Waals surface area contributed by atoms with Gasteiger partial charge in [0.1, 0.15) is 0 Å². The first-order valence-corrected chi connectivity index (χ1v) is 8.20. The summed E-state index contributed by atoms with van der Waals surface area (Å²) in [6.07, 6.45) is 3.63. The SMILES string of the molecule is COCCCNC(=O)c1cncc(C(=O)NC(C)c2ccccc2)c1. The molecular formula is C19H23N3O3. The number of pyridine rings is 1. The van der Waals surface area contributed by atoms with E-state index in [9.17, 15) is 9.59 Å². The van der Waals surface area contributed by atoms with Crippen LogP contribution in [-0.4, -0.2) is 37.1 Å². The van der Waals surface area contributed by atoms with Crippen molar-refractivity contribution in [3.8, 4) is 0 Å². The zero-order valence-corrected chi connectivity index (χ0v) is 14.5. The van der Waals surface area contributed by atoms with Gasteiger partial charge in [-0.1, -0.05) is 30.3 Å². The first-order chi connectivity index (χ1) is 12.1. The van der Waals surface area contributed by atoms with Gasteiger partial charge in [0.05, 0.1) is 17.2 Å². The van der Waals surface area contributed by atoms with E-state index in [-0.39, 0.29) is 17.9 Å². The smallest absolute Gasteiger partial charge is 0.253 e. The van der Waals surface area contributed by atoms with Crippen LogP contribution < -0.4 is 10.6 Å². The van der Waals surface area contributed by atoms with Gasteiger partial charge in [-0.25, -0.2) is 0 Å². The number of nitrogens with one attached hydrogen (secondary N) is 2. The molecule has 2 rings (SSSR count). The molecular weight excluding hydrogens is 318 g/mol. The van der Waals surface area contributed by atoms with Crippen LogP contribution in [0.3, 0.4) is 0 Å². The van der Waals surface area contributed by atoms with Crippen LogP contribution in [0.15, 0.2) is 48.8 Å². The standard InChI is InChI=1S/C19H23N3O3/c1-14(15-7-4-3-5-8-15)22-19(24)17-11-16(12-20-13-17)18(23)21-9-6-10-25-2/h3-5,7-8,11-14H,6,9-10H2,1-2H3,(H,21,23)(H,22,24). The zero-order valence-electron chi connectivity index (χ0n) is 14.5. The second-order valence-corrected chi connectivity index (χ2v) is 5.67. The van der Waals surface area contributed by atoms with Crippen molar-refractivity contribution in [2.75, 3.05) is 20.3 Å². The van der Waals surface area contributed by atoms with Crippen molar-refractivity contribution in [3.63, 3.8) is 0 Å². The lowest BCUT2D eigenvalue weighted by molar-refractivity contribution is 0.0939. The van der Waals surface area contributed by atoms with Crippen LogP contribution in [0.4, 0.5) is 0 Å². The largest absolute Gasteiger partial charge is 0.385 e. The predicted molar refractivity (Wildman–Crippen MR) is 95.4 cm³/mol. The van der Waals surface area contributed by atoms with Crippen molar-refractivity contribution >= 4 is 11.8 Å². The monoisotopic (exact) mass is 341 g/mol. The highest BCUT2D eigenvalue weighted by Crippen LogP contribution is 2.12. The van der Waals surface area contributed by atoms with E-state index in [0.29, 0.717) is 24.3 Å². The maximum absolute atomic E-state index is 12.4. The number of ether oxygens (including phenoxy) is 1. The molecule has 0 aliphatic rings. The maximum Gasteiger partial charge on any atom is 0.253 e. The molecule has 1 aromatic heterocycles. The summed E-state index contributed by atoms with van der Waals surface area (Å²) in [5.74, 6) is -0.521. The van der Waals surface area contributed by atoms with E-state index in [0.717, 1.165) is 12.0 Å². The Bertz CT molecular complexity index is 704. The quantitative estimate of drug-likeness (QED) is 0.722. The van der Waals surface area contributed by atoms with Crippen LogP contribution in [-0.2, 0) is 4.74 Å². The Balaban J connectivity index is 1.97. The highest BCUT2D eigenvalue weighted by atomic mass is 16.5. The number of nitrogens with zero attached hydrogens (tertiary/aromatic N) is 1. The molecule has 0 fully saturated rings. The molecule has 1 atom stereocenters. The lowest BCUT2D eigenvalue weighted by Gasteiger charge is -2.14. The summed E-state index contributed by atoms with van der Waals surface area (Å²) in [6.45, 7) is 3.00. The van der Waals surface area contributed by atoms with E-state index >= 15 is 0 Å². The number of rotatable bonds is 8. The number of amides is 2. The van der Waals surface area contributed by atoms with Crippen molar-refractivity contribution in [1.29, 1.82) is 0 Å². The molecule has 0 saturated carbocycles. The number of aromatic nitrogens is 1. The highest BCUT2D eigenvalue weighted by molar-refractivity contribution is 5.99. The molecule has 6 nitrogen and oxygen atoms in total. The van der Waals surface area contributed by atoms with Gasteiger partial charge < -0.3 is 15.4 Å². The second-order valence-electron chi connectivity index (χ2n) is 5.67. The summed E-state index contributed by atoms with van der Waals surface area (Å²) in [7, 11) is 1.62. The lowest BCUT2D eigenvalue weighted by Crippen LogP contribution is -2.28. The zero-order chi connectivity index (χ0) is 18.1. The van der Waals surface area contributed by atoms with Gasteiger partial charge in [-0.3, -0.25) is 14.6 Å². The van der Waals surface area contributed by atoms with Crippen LogP contribution in [0, 0.1) is 0 Å². The van der Waals surface area contributed by atoms with Crippen LogP contribution in [0.5, 0.6) is 0 Å². The van der Waals surface area contributed by atoms with Gasteiger partial charge in [0, 0.05) is 32.7 Å². The van der Waals surface area contributed by atoms with E-state index < -0.39 is 0 Å². The Hall–Kier alpha value is -2.73. The average Bonchev–Trinajstić information content (AvgIpc) is 2.65. The van der Waals surface area contributed by atoms with Crippen molar-refractivity contribution in [3.05, 3.63) is 65.5 Å². The molecule has 0 aliphatic carbocycles. The van der Waals surface area contributed by atoms with Gasteiger partial charge in [0.2, 0.25) is 0 Å². The Morgan fingerprint density at radius 1 is 1.12 bits per heavy atom. The predicted octanol–water partition coefficient (Wildman–Crippen LogP) is 2.34. The fraction of sp³-hybridized carbons (Fsp3) is 0.316. The highest BCUT2D eigenvalue weighted by Gasteiger charge is 2.14. The molecule has 0 radical (unpaired) electrons. The van der Waals surface area contributed by atoms with Crippen LogP contribution in [0.25, 0.3) is 0 Å². The third-order valence-corrected chi connectivity index (χ3v) is 3.72. The van der Waals surface area contributed by atoms with E-state index in [4.69, 9.17) is 4.74 Å². The maximum atomic E-state index is 12.4. The summed E-state index contributed by atoms with van der Waals surface area (Å²) in [5.41, 5.74) is 1.72. The van der Waals surface area contributed by atoms with Gasteiger partial charge in [-0.2, -0.15) is 0 Å². The Morgan fingerprint density at radius 3 is 2.48 bits per heavy atom. The van der Waals surface area contributed by atoms with Crippen molar-refractivity contribution in [1.82, 2.24) is 15.6 Å². The van der Waals surface area contributed by atoms with E-state index in [1.54, 1.807) is 13.2 Å². The molecule has 6 heteroatoms. The fourth-order valence-corrected chi connectivity index (χ4v) is 2.31. The fourth-order valence-electron chi connectivity index (χ4n) is 2.31. The minimum Gasteiger partial charge on any atom is -0.385 e. The molecule has 1 aromatic carbocycles. The van der Waals surface area contributed by atoms with Crippen molar-refractivity contribution in [2.45, 2.75) is 19.4 Å². The lowest BCUT2D eigenvalue weighted by atomic mass is 10.1. The molecule has 132 valence electrons. The minimum absolute atomic E-state index is 0.139. The van der Waals surface area contributed by atoms with E-state index in [2.05, 4.69) is 15.6 Å². The number of carbonyl (C=O) groups is 2. The molecule has 0 saturated heterocycles. The molecule has 25 heavy (non-hydrogen) atoms. The normalized spacial score (nSPS) is 11.6. The molecule has 2 N–H and O–H groups in total. The summed E-state index contributed by atoms with van der Waals surface area (Å²) in [5, 5.41) is 5.69. The average molecular weight is 341 g/mol. The molecule has 1 heterocycles. The van der Waals surface area contributed by atoms with Crippen LogP contribution in [0.1, 0.15) is 45.7 Å². The van der Waals surface area contributed by atoms with Crippen molar-refractivity contribution in [2.24, 2.45) is 0 Å². The summed E-state index contributed by atoms with van der Waals surface area (Å²) in [4.78, 5) is 28.5. The van der Waals surface area contributed by atoms with Gasteiger partial charge >= 0.3 is 0 Å². The molecule has 0 bridgehead atoms. The summed E-state index contributed by atoms with van der Waals surface area (Å²) >= 11 is 0. The Kier molecular flexibility index (Phi) is 7.10. The number of hydrogen-bond acceptors (Lipinski definition) is 4. The summed E-state index contributed by atoms with van der Waals surface area (Å²) < 4.78 is 4.94. The van der Waals surface area contributed by atoms with E-state index in [1.807, 2.05) is 37.3 Å². The second kappa shape index (κ2) is 9.54. The van der Waals surface area contributed by atoms with Crippen LogP contribution in [0.2, 0.25) is 0 Å². The number of hydrogen-bond donors (Lipinski definition) is 2. The molecule has 2 aromatic rings. The molecule has 1 unspecified atom stereocenters. The third-order valence-electron chi connectivity index (χ3n) is 3.72. The van der Waals surface area contributed by atoms with Gasteiger partial charge in [-0.05, 0) is 25.0 Å². The summed E-state index contributed by atoms with van der Waals surface area (Å²) in [6, 6.07) is 11.1. The van der Waals surface area contributed by atoms with Gasteiger partial charge in [-0.15, -0.1) is 0 Å². The first-order valence-electron chi connectivity index (χ1n) is 8.20. The van der Waals surface area contributed by atoms with Gasteiger partial charge in [0.25, 0.3) is 11.8 Å². The molecule has 0 aliphatic heterocycles. The molecule has 0 spiro atoms. The topological polar surface area (TPSA) is 80.3 Å².